The number of unbranched alkanes of at least 4 members (excludes halogenated alkanes) is 2. The fraction of sp³-hybridized carbons (Fsp3) is 0.593. The first kappa shape index (κ1) is 28.6. The van der Waals surface area contributed by atoms with Crippen molar-refractivity contribution in [2.75, 3.05) is 33.5 Å². The van der Waals surface area contributed by atoms with Crippen LogP contribution in [0.1, 0.15) is 70.9 Å². The Hall–Kier alpha value is -2.47. The Balaban J connectivity index is 2.80. The number of ether oxygens (including phenoxy) is 3. The lowest BCUT2D eigenvalue weighted by Gasteiger charge is -2.15. The summed E-state index contributed by atoms with van der Waals surface area (Å²) in [6, 6.07) is 3.86. The van der Waals surface area contributed by atoms with Crippen LogP contribution in [0.3, 0.4) is 0 Å². The molecule has 1 rings (SSSR count). The van der Waals surface area contributed by atoms with Crippen LogP contribution in [0.15, 0.2) is 35.4 Å². The lowest BCUT2D eigenvalue weighted by atomic mass is 10.00. The second-order valence-corrected chi connectivity index (χ2v) is 8.53. The maximum absolute atomic E-state index is 11.7. The Labute approximate surface area is 200 Å². The van der Waals surface area contributed by atoms with Gasteiger partial charge in [-0.2, -0.15) is 0 Å². The molecule has 0 radical (unpaired) electrons. The van der Waals surface area contributed by atoms with E-state index in [1.807, 2.05) is 12.1 Å². The molecule has 0 aliphatic carbocycles. The molecular weight excluding hydrogens is 418 g/mol. The third-order valence-corrected chi connectivity index (χ3v) is 5.21. The fourth-order valence-electron chi connectivity index (χ4n) is 3.30. The van der Waals surface area contributed by atoms with Gasteiger partial charge in [0.05, 0.1) is 6.61 Å². The van der Waals surface area contributed by atoms with E-state index in [4.69, 9.17) is 14.2 Å². The van der Waals surface area contributed by atoms with Crippen molar-refractivity contribution in [3.63, 3.8) is 0 Å². The van der Waals surface area contributed by atoms with Crippen molar-refractivity contribution in [3.8, 4) is 11.5 Å². The molecule has 33 heavy (non-hydrogen) atoms. The number of aryl methyl sites for hydroxylation is 1. The second-order valence-electron chi connectivity index (χ2n) is 8.53. The minimum absolute atomic E-state index is 0.122. The Morgan fingerprint density at radius 1 is 1.09 bits per heavy atom. The van der Waals surface area contributed by atoms with E-state index in [1.165, 1.54) is 11.1 Å². The average molecular weight is 462 g/mol. The third-order valence-electron chi connectivity index (χ3n) is 5.21. The summed E-state index contributed by atoms with van der Waals surface area (Å²) in [4.78, 5) is 11.7. The molecule has 0 fully saturated rings. The number of nitrogens with one attached hydrogen (secondary N) is 1. The van der Waals surface area contributed by atoms with Gasteiger partial charge in [-0.05, 0) is 70.6 Å². The number of hydrogen-bond donors (Lipinski definition) is 2. The van der Waals surface area contributed by atoms with E-state index >= 15 is 0 Å². The van der Waals surface area contributed by atoms with Crippen LogP contribution < -0.4 is 10.1 Å². The van der Waals surface area contributed by atoms with Crippen molar-refractivity contribution in [1.29, 1.82) is 0 Å². The van der Waals surface area contributed by atoms with Crippen molar-refractivity contribution < 1.29 is 24.1 Å². The third kappa shape index (κ3) is 13.0. The zero-order chi connectivity index (χ0) is 24.5. The van der Waals surface area contributed by atoms with Gasteiger partial charge in [0.2, 0.25) is 0 Å². The minimum Gasteiger partial charge on any atom is -0.508 e. The molecule has 6 heteroatoms. The smallest absolute Gasteiger partial charge is 0.407 e. The van der Waals surface area contributed by atoms with E-state index in [2.05, 4.69) is 45.2 Å². The lowest BCUT2D eigenvalue weighted by Crippen LogP contribution is -2.28. The number of amides is 1. The number of alkyl carbamates (subject to hydrolysis) is 1. The first-order valence-electron chi connectivity index (χ1n) is 12.0. The summed E-state index contributed by atoms with van der Waals surface area (Å²) in [5.74, 6) is 0.906. The molecule has 0 saturated heterocycles. The predicted molar refractivity (Wildman–Crippen MR) is 134 cm³/mol. The van der Waals surface area contributed by atoms with Crippen molar-refractivity contribution in [2.45, 2.75) is 72.6 Å². The first-order valence-corrected chi connectivity index (χ1v) is 12.0. The van der Waals surface area contributed by atoms with Crippen LogP contribution in [0, 0.1) is 0 Å². The van der Waals surface area contributed by atoms with Gasteiger partial charge in [0.25, 0.3) is 0 Å². The van der Waals surface area contributed by atoms with E-state index in [9.17, 15) is 9.90 Å². The summed E-state index contributed by atoms with van der Waals surface area (Å²) in [6.45, 7) is 9.67. The molecule has 6 nitrogen and oxygen atoms in total. The second kappa shape index (κ2) is 17.1. The zero-order valence-electron chi connectivity index (χ0n) is 21.2. The van der Waals surface area contributed by atoms with Gasteiger partial charge in [-0.25, -0.2) is 4.79 Å². The van der Waals surface area contributed by atoms with Crippen LogP contribution in [0.25, 0.3) is 0 Å². The molecule has 0 aliphatic heterocycles. The van der Waals surface area contributed by atoms with Crippen LogP contribution in [0.4, 0.5) is 4.79 Å². The number of aromatic hydroxyl groups is 1. The number of methoxy groups -OCH3 is 1. The number of phenols is 1. The van der Waals surface area contributed by atoms with Crippen molar-refractivity contribution in [1.82, 2.24) is 5.32 Å². The number of carbonyl (C=O) groups is 1. The predicted octanol–water partition coefficient (Wildman–Crippen LogP) is 6.11. The minimum atomic E-state index is -0.498. The van der Waals surface area contributed by atoms with E-state index in [1.54, 1.807) is 7.11 Å². The number of carbonyl (C=O) groups excluding carboxylic acids is 1. The molecule has 1 amide bonds. The Bertz CT molecular complexity index is 766. The molecule has 0 unspecified atom stereocenters. The highest BCUT2D eigenvalue weighted by molar-refractivity contribution is 5.67. The molecule has 1 aromatic carbocycles. The molecule has 0 saturated carbocycles. The number of hydrogen-bond acceptors (Lipinski definition) is 5. The van der Waals surface area contributed by atoms with Gasteiger partial charge in [0.15, 0.2) is 0 Å². The van der Waals surface area contributed by atoms with Crippen molar-refractivity contribution in [3.05, 3.63) is 46.6 Å². The van der Waals surface area contributed by atoms with Crippen LogP contribution in [0.5, 0.6) is 11.5 Å². The topological polar surface area (TPSA) is 77.0 Å². The fourth-order valence-corrected chi connectivity index (χ4v) is 3.30. The molecule has 186 valence electrons. The summed E-state index contributed by atoms with van der Waals surface area (Å²) in [6.07, 6.45) is 10.8. The van der Waals surface area contributed by atoms with Crippen LogP contribution in [-0.2, 0) is 22.3 Å². The Morgan fingerprint density at radius 3 is 2.58 bits per heavy atom. The molecule has 0 aliphatic rings. The van der Waals surface area contributed by atoms with Gasteiger partial charge in [-0.15, -0.1) is 0 Å². The highest BCUT2D eigenvalue weighted by Gasteiger charge is 2.12. The van der Waals surface area contributed by atoms with Crippen LogP contribution in [0.2, 0.25) is 0 Å². The summed E-state index contributed by atoms with van der Waals surface area (Å²) in [5, 5.41) is 13.3. The quantitative estimate of drug-likeness (QED) is 0.229. The summed E-state index contributed by atoms with van der Waals surface area (Å²) in [7, 11) is 1.57. The molecule has 0 atom stereocenters. The van der Waals surface area contributed by atoms with Crippen molar-refractivity contribution in [2.24, 2.45) is 0 Å². The number of allylic oxidation sites excluding steroid dienone is 4. The molecule has 0 aromatic heterocycles. The lowest BCUT2D eigenvalue weighted by molar-refractivity contribution is 0.120. The first-order chi connectivity index (χ1) is 15.9. The van der Waals surface area contributed by atoms with E-state index in [0.29, 0.717) is 25.3 Å². The van der Waals surface area contributed by atoms with E-state index < -0.39 is 6.09 Å². The Morgan fingerprint density at radius 2 is 1.88 bits per heavy atom. The SMILES string of the molecule is CCCCCc1cc(O)c(C/C=C(\C)CCC=C(C)C)c(OCCOC(=O)NCCOC)c1. The van der Waals surface area contributed by atoms with Gasteiger partial charge < -0.3 is 24.6 Å². The number of benzene rings is 1. The Kier molecular flexibility index (Phi) is 14.8. The highest BCUT2D eigenvalue weighted by Crippen LogP contribution is 2.32. The summed E-state index contributed by atoms with van der Waals surface area (Å²) in [5.41, 5.74) is 4.42. The van der Waals surface area contributed by atoms with Crippen molar-refractivity contribution >= 4 is 6.09 Å². The molecule has 0 heterocycles. The maximum atomic E-state index is 11.7. The van der Waals surface area contributed by atoms with Gasteiger partial charge in [-0.3, -0.25) is 0 Å². The molecule has 1 aromatic rings. The van der Waals surface area contributed by atoms with Gasteiger partial charge >= 0.3 is 6.09 Å². The molecular formula is C27H43NO5. The largest absolute Gasteiger partial charge is 0.508 e. The van der Waals surface area contributed by atoms with E-state index in [0.717, 1.165) is 49.7 Å². The van der Waals surface area contributed by atoms with E-state index in [-0.39, 0.29) is 19.0 Å². The molecule has 0 spiro atoms. The number of phenolic OH excluding ortho intramolecular Hbond substituents is 1. The van der Waals surface area contributed by atoms with Gasteiger partial charge in [0.1, 0.15) is 24.7 Å². The normalized spacial score (nSPS) is 11.2. The monoisotopic (exact) mass is 461 g/mol. The summed E-state index contributed by atoms with van der Waals surface area (Å²) >= 11 is 0. The van der Waals surface area contributed by atoms with Gasteiger partial charge in [0, 0.05) is 19.2 Å². The summed E-state index contributed by atoms with van der Waals surface area (Å²) < 4.78 is 16.0. The van der Waals surface area contributed by atoms with Gasteiger partial charge in [-0.1, -0.05) is 43.1 Å². The molecule has 2 N–H and O–H groups in total. The van der Waals surface area contributed by atoms with Crippen LogP contribution >= 0.6 is 0 Å². The van der Waals surface area contributed by atoms with Crippen LogP contribution in [-0.4, -0.2) is 44.7 Å². The number of rotatable bonds is 16. The highest BCUT2D eigenvalue weighted by atomic mass is 16.6. The molecule has 0 bridgehead atoms. The zero-order valence-corrected chi connectivity index (χ0v) is 21.2. The standard InChI is InChI=1S/C27H43NO5/c1-6-7-8-12-23-19-25(29)24(14-13-22(4)11-9-10-21(2)3)26(20-23)32-17-18-33-27(30)28-15-16-31-5/h10,13,19-20,29H,6-9,11-12,14-18H2,1-5H3,(H,28,30)/b22-13+. The maximum Gasteiger partial charge on any atom is 0.407 e. The average Bonchev–Trinajstić information content (AvgIpc) is 2.76.